The van der Waals surface area contributed by atoms with E-state index >= 15 is 0 Å². The summed E-state index contributed by atoms with van der Waals surface area (Å²) in [5.41, 5.74) is 4.45. The maximum Gasteiger partial charge on any atom is 0.303 e. The molecular weight excluding hydrogens is 244 g/mol. The molecular formula is C14H26N2O3. The van der Waals surface area contributed by atoms with Gasteiger partial charge in [0.1, 0.15) is 0 Å². The van der Waals surface area contributed by atoms with Crippen molar-refractivity contribution in [3.8, 4) is 0 Å². The summed E-state index contributed by atoms with van der Waals surface area (Å²) < 4.78 is 0. The molecule has 0 aromatic carbocycles. The van der Waals surface area contributed by atoms with E-state index in [0.29, 0.717) is 6.54 Å². The predicted octanol–water partition coefficient (Wildman–Crippen LogP) is 1.51. The summed E-state index contributed by atoms with van der Waals surface area (Å²) in [4.78, 5) is 23.1. The fourth-order valence-electron chi connectivity index (χ4n) is 2.19. The minimum absolute atomic E-state index is 0.114. The molecule has 0 saturated heterocycles. The van der Waals surface area contributed by atoms with Gasteiger partial charge in [0.25, 0.3) is 0 Å². The number of carbonyl (C=O) groups excluding carboxylic acids is 1. The van der Waals surface area contributed by atoms with E-state index in [1.165, 1.54) is 0 Å². The van der Waals surface area contributed by atoms with Crippen LogP contribution in [0.1, 0.15) is 53.4 Å². The van der Waals surface area contributed by atoms with Crippen molar-refractivity contribution in [3.05, 3.63) is 0 Å². The van der Waals surface area contributed by atoms with E-state index in [2.05, 4.69) is 5.32 Å². The summed E-state index contributed by atoms with van der Waals surface area (Å²) in [6, 6.07) is 0. The third kappa shape index (κ3) is 3.47. The molecule has 0 aliphatic heterocycles. The second-order valence-corrected chi connectivity index (χ2v) is 6.95. The molecule has 1 aliphatic rings. The van der Waals surface area contributed by atoms with Crippen molar-refractivity contribution in [2.75, 3.05) is 6.54 Å². The van der Waals surface area contributed by atoms with Crippen molar-refractivity contribution in [1.29, 1.82) is 0 Å². The molecule has 0 aromatic heterocycles. The standard InChI is InChI=1S/C14H26N2O3/c1-12(2,13(3,4)15)11(19)16-9-14(6-5-7-14)8-10(17)18/h5-9,15H2,1-4H3,(H,16,19)(H,17,18). The van der Waals surface area contributed by atoms with Crippen LogP contribution in [-0.4, -0.2) is 29.1 Å². The van der Waals surface area contributed by atoms with E-state index in [9.17, 15) is 9.59 Å². The van der Waals surface area contributed by atoms with Crippen molar-refractivity contribution < 1.29 is 14.7 Å². The number of hydrogen-bond donors (Lipinski definition) is 3. The maximum atomic E-state index is 12.2. The van der Waals surface area contributed by atoms with Crippen LogP contribution in [0.2, 0.25) is 0 Å². The minimum Gasteiger partial charge on any atom is -0.481 e. The van der Waals surface area contributed by atoms with Crippen LogP contribution in [0, 0.1) is 10.8 Å². The molecule has 110 valence electrons. The van der Waals surface area contributed by atoms with Crippen molar-refractivity contribution in [2.24, 2.45) is 16.6 Å². The van der Waals surface area contributed by atoms with Gasteiger partial charge in [-0.1, -0.05) is 6.42 Å². The molecule has 5 heteroatoms. The number of aliphatic carboxylic acids is 1. The third-order valence-electron chi connectivity index (χ3n) is 4.74. The zero-order valence-corrected chi connectivity index (χ0v) is 12.4. The first-order valence-electron chi connectivity index (χ1n) is 6.79. The Bertz CT molecular complexity index is 365. The highest BCUT2D eigenvalue weighted by Crippen LogP contribution is 2.43. The van der Waals surface area contributed by atoms with Gasteiger partial charge in [-0.2, -0.15) is 0 Å². The van der Waals surface area contributed by atoms with Crippen LogP contribution >= 0.6 is 0 Å². The molecule has 1 fully saturated rings. The lowest BCUT2D eigenvalue weighted by molar-refractivity contribution is -0.142. The first-order chi connectivity index (χ1) is 8.50. The second-order valence-electron chi connectivity index (χ2n) is 6.95. The van der Waals surface area contributed by atoms with Gasteiger partial charge in [0, 0.05) is 12.1 Å². The molecule has 19 heavy (non-hydrogen) atoms. The van der Waals surface area contributed by atoms with E-state index < -0.39 is 16.9 Å². The molecule has 1 rings (SSSR count). The van der Waals surface area contributed by atoms with Gasteiger partial charge < -0.3 is 16.2 Å². The smallest absolute Gasteiger partial charge is 0.303 e. The van der Waals surface area contributed by atoms with Crippen LogP contribution in [0.4, 0.5) is 0 Å². The largest absolute Gasteiger partial charge is 0.481 e. The van der Waals surface area contributed by atoms with Crippen molar-refractivity contribution in [2.45, 2.75) is 58.9 Å². The molecule has 0 heterocycles. The molecule has 5 nitrogen and oxygen atoms in total. The van der Waals surface area contributed by atoms with E-state index in [1.807, 2.05) is 27.7 Å². The van der Waals surface area contributed by atoms with Crippen molar-refractivity contribution in [1.82, 2.24) is 5.32 Å². The second kappa shape index (κ2) is 5.12. The topological polar surface area (TPSA) is 92.4 Å². The third-order valence-corrected chi connectivity index (χ3v) is 4.74. The average Bonchev–Trinajstić information content (AvgIpc) is 2.19. The first-order valence-corrected chi connectivity index (χ1v) is 6.79. The summed E-state index contributed by atoms with van der Waals surface area (Å²) in [7, 11) is 0. The normalized spacial score (nSPS) is 18.6. The highest BCUT2D eigenvalue weighted by molar-refractivity contribution is 5.83. The van der Waals surface area contributed by atoms with Crippen LogP contribution in [0.3, 0.4) is 0 Å². The Morgan fingerprint density at radius 1 is 1.26 bits per heavy atom. The number of nitrogens with two attached hydrogens (primary N) is 1. The predicted molar refractivity (Wildman–Crippen MR) is 73.6 cm³/mol. The van der Waals surface area contributed by atoms with Gasteiger partial charge in [0.15, 0.2) is 0 Å². The summed E-state index contributed by atoms with van der Waals surface area (Å²) in [5.74, 6) is -0.913. The molecule has 0 unspecified atom stereocenters. The Kier molecular flexibility index (Phi) is 4.30. The molecule has 1 amide bonds. The SMILES string of the molecule is CC(C)(N)C(C)(C)C(=O)NCC1(CC(=O)O)CCC1. The summed E-state index contributed by atoms with van der Waals surface area (Å²) in [5, 5.41) is 11.8. The van der Waals surface area contributed by atoms with Crippen LogP contribution in [0.25, 0.3) is 0 Å². The van der Waals surface area contributed by atoms with Gasteiger partial charge in [-0.25, -0.2) is 0 Å². The first kappa shape index (κ1) is 16.0. The van der Waals surface area contributed by atoms with Crippen molar-refractivity contribution >= 4 is 11.9 Å². The molecule has 0 aromatic rings. The summed E-state index contributed by atoms with van der Waals surface area (Å²) >= 11 is 0. The lowest BCUT2D eigenvalue weighted by atomic mass is 9.66. The number of carbonyl (C=O) groups is 2. The van der Waals surface area contributed by atoms with Crippen molar-refractivity contribution in [3.63, 3.8) is 0 Å². The fourth-order valence-corrected chi connectivity index (χ4v) is 2.19. The molecule has 1 saturated carbocycles. The molecule has 0 bridgehead atoms. The number of carboxylic acids is 1. The molecule has 0 radical (unpaired) electrons. The Hall–Kier alpha value is -1.10. The average molecular weight is 270 g/mol. The Balaban J connectivity index is 2.61. The lowest BCUT2D eigenvalue weighted by Crippen LogP contribution is -2.57. The summed E-state index contributed by atoms with van der Waals surface area (Å²) in [6.45, 7) is 7.70. The maximum absolute atomic E-state index is 12.2. The Morgan fingerprint density at radius 3 is 2.11 bits per heavy atom. The van der Waals surface area contributed by atoms with Gasteiger partial charge in [-0.05, 0) is 46.0 Å². The lowest BCUT2D eigenvalue weighted by Gasteiger charge is -2.43. The van der Waals surface area contributed by atoms with Gasteiger partial charge in [-0.15, -0.1) is 0 Å². The van der Waals surface area contributed by atoms with Crippen LogP contribution in [0.15, 0.2) is 0 Å². The number of amides is 1. The van der Waals surface area contributed by atoms with E-state index in [4.69, 9.17) is 10.8 Å². The molecule has 0 atom stereocenters. The highest BCUT2D eigenvalue weighted by Gasteiger charge is 2.43. The quantitative estimate of drug-likeness (QED) is 0.682. The van der Waals surface area contributed by atoms with Crippen LogP contribution in [0.5, 0.6) is 0 Å². The monoisotopic (exact) mass is 270 g/mol. The minimum atomic E-state index is -0.799. The van der Waals surface area contributed by atoms with Gasteiger partial charge in [-0.3, -0.25) is 9.59 Å². The van der Waals surface area contributed by atoms with E-state index in [-0.39, 0.29) is 17.7 Å². The molecule has 1 aliphatic carbocycles. The Morgan fingerprint density at radius 2 is 1.79 bits per heavy atom. The van der Waals surface area contributed by atoms with Crippen LogP contribution in [-0.2, 0) is 9.59 Å². The molecule has 0 spiro atoms. The van der Waals surface area contributed by atoms with E-state index in [1.54, 1.807) is 0 Å². The van der Waals surface area contributed by atoms with E-state index in [0.717, 1.165) is 19.3 Å². The summed E-state index contributed by atoms with van der Waals surface area (Å²) in [6.07, 6.45) is 2.90. The van der Waals surface area contributed by atoms with Gasteiger partial charge >= 0.3 is 5.97 Å². The molecule has 4 N–H and O–H groups in total. The zero-order chi connectivity index (χ0) is 14.9. The Labute approximate surface area is 114 Å². The van der Waals surface area contributed by atoms with Crippen LogP contribution < -0.4 is 11.1 Å². The number of nitrogens with one attached hydrogen (secondary N) is 1. The van der Waals surface area contributed by atoms with Gasteiger partial charge in [0.05, 0.1) is 11.8 Å². The van der Waals surface area contributed by atoms with Gasteiger partial charge in [0.2, 0.25) is 5.91 Å². The number of carboxylic acid groups (broad SMARTS) is 1. The number of hydrogen-bond acceptors (Lipinski definition) is 3. The fraction of sp³-hybridized carbons (Fsp3) is 0.857. The highest BCUT2D eigenvalue weighted by atomic mass is 16.4. The number of rotatable bonds is 6. The zero-order valence-electron chi connectivity index (χ0n) is 12.4.